The molecule has 0 fully saturated rings. The van der Waals surface area contributed by atoms with Crippen LogP contribution in [0.15, 0.2) is 24.3 Å². The minimum absolute atomic E-state index is 0.331. The number of aliphatic hydroxyl groups excluding tert-OH is 1. The Kier molecular flexibility index (Phi) is 3.21. The van der Waals surface area contributed by atoms with E-state index in [1.54, 1.807) is 7.11 Å². The molecule has 0 saturated heterocycles. The Bertz CT molecular complexity index is 609. The van der Waals surface area contributed by atoms with Crippen molar-refractivity contribution in [2.45, 2.75) is 25.5 Å². The Morgan fingerprint density at radius 3 is 3.11 bits per heavy atom. The van der Waals surface area contributed by atoms with E-state index in [1.807, 2.05) is 28.8 Å². The van der Waals surface area contributed by atoms with Crippen molar-refractivity contribution >= 4 is 11.6 Å². The first-order valence-electron chi connectivity index (χ1n) is 6.26. The summed E-state index contributed by atoms with van der Waals surface area (Å²) in [5, 5.41) is 10.4. The number of hydrogen-bond donors (Lipinski definition) is 1. The van der Waals surface area contributed by atoms with Gasteiger partial charge in [-0.3, -0.25) is 0 Å². The summed E-state index contributed by atoms with van der Waals surface area (Å²) < 4.78 is 7.23. The topological polar surface area (TPSA) is 47.3 Å². The predicted octanol–water partition coefficient (Wildman–Crippen LogP) is 2.52. The Morgan fingerprint density at radius 1 is 1.47 bits per heavy atom. The number of ether oxygens (including phenoxy) is 1. The molecular weight excluding hydrogens is 264 g/mol. The summed E-state index contributed by atoms with van der Waals surface area (Å²) >= 11 is 6.19. The van der Waals surface area contributed by atoms with Gasteiger partial charge in [0.15, 0.2) is 5.15 Å². The smallest absolute Gasteiger partial charge is 0.150 e. The maximum Gasteiger partial charge on any atom is 0.150 e. The van der Waals surface area contributed by atoms with Crippen LogP contribution in [0.25, 0.3) is 11.4 Å². The third-order valence-electron chi connectivity index (χ3n) is 3.46. The van der Waals surface area contributed by atoms with Crippen molar-refractivity contribution in [1.29, 1.82) is 0 Å². The number of benzene rings is 1. The fourth-order valence-corrected chi connectivity index (χ4v) is 2.76. The number of hydrogen-bond acceptors (Lipinski definition) is 3. The number of aromatic nitrogens is 2. The summed E-state index contributed by atoms with van der Waals surface area (Å²) in [6.07, 6.45) is 1.17. The van der Waals surface area contributed by atoms with Crippen LogP contribution in [-0.2, 0) is 13.0 Å². The standard InChI is InChI=1S/C14H15ClN2O2/c1-19-11-4-2-3-9(7-11)14-16-13(15)12-6-5-10(18)8-17(12)14/h2-4,7,10,18H,5-6,8H2,1H3. The molecule has 2 heterocycles. The van der Waals surface area contributed by atoms with E-state index in [9.17, 15) is 5.11 Å². The fraction of sp³-hybridized carbons (Fsp3) is 0.357. The minimum atomic E-state index is -0.331. The van der Waals surface area contributed by atoms with E-state index < -0.39 is 0 Å². The van der Waals surface area contributed by atoms with E-state index in [1.165, 1.54) is 0 Å². The van der Waals surface area contributed by atoms with E-state index in [-0.39, 0.29) is 6.10 Å². The van der Waals surface area contributed by atoms with Gasteiger partial charge in [0.2, 0.25) is 0 Å². The number of halogens is 1. The van der Waals surface area contributed by atoms with Crippen molar-refractivity contribution < 1.29 is 9.84 Å². The largest absolute Gasteiger partial charge is 0.497 e. The minimum Gasteiger partial charge on any atom is -0.497 e. The molecule has 1 unspecified atom stereocenters. The summed E-state index contributed by atoms with van der Waals surface area (Å²) in [6, 6.07) is 7.70. The Labute approximate surface area is 116 Å². The lowest BCUT2D eigenvalue weighted by Crippen LogP contribution is -2.24. The highest BCUT2D eigenvalue weighted by Crippen LogP contribution is 2.31. The Morgan fingerprint density at radius 2 is 2.32 bits per heavy atom. The van der Waals surface area contributed by atoms with Crippen molar-refractivity contribution in [2.75, 3.05) is 7.11 Å². The van der Waals surface area contributed by atoms with Crippen molar-refractivity contribution in [3.05, 3.63) is 35.1 Å². The quantitative estimate of drug-likeness (QED) is 0.918. The molecule has 0 amide bonds. The lowest BCUT2D eigenvalue weighted by molar-refractivity contribution is 0.132. The summed E-state index contributed by atoms with van der Waals surface area (Å²) in [7, 11) is 1.64. The molecule has 0 saturated carbocycles. The van der Waals surface area contributed by atoms with Gasteiger partial charge >= 0.3 is 0 Å². The molecule has 0 aliphatic carbocycles. The number of rotatable bonds is 2. The first kappa shape index (κ1) is 12.5. The molecule has 0 spiro atoms. The maximum absolute atomic E-state index is 9.82. The van der Waals surface area contributed by atoms with Gasteiger partial charge in [-0.25, -0.2) is 4.98 Å². The zero-order valence-electron chi connectivity index (χ0n) is 10.6. The van der Waals surface area contributed by atoms with Crippen LogP contribution >= 0.6 is 11.6 Å². The molecule has 1 aliphatic rings. The van der Waals surface area contributed by atoms with Crippen molar-refractivity contribution in [3.63, 3.8) is 0 Å². The van der Waals surface area contributed by atoms with Crippen LogP contribution in [0.4, 0.5) is 0 Å². The molecule has 5 heteroatoms. The highest BCUT2D eigenvalue weighted by Gasteiger charge is 2.24. The highest BCUT2D eigenvalue weighted by molar-refractivity contribution is 6.30. The van der Waals surface area contributed by atoms with Crippen molar-refractivity contribution in [2.24, 2.45) is 0 Å². The number of imidazole rings is 1. The van der Waals surface area contributed by atoms with Gasteiger partial charge in [-0.2, -0.15) is 0 Å². The van der Waals surface area contributed by atoms with Gasteiger partial charge in [0, 0.05) is 5.56 Å². The Hall–Kier alpha value is -1.52. The zero-order chi connectivity index (χ0) is 13.4. The second-order valence-corrected chi connectivity index (χ2v) is 5.07. The lowest BCUT2D eigenvalue weighted by Gasteiger charge is -2.21. The van der Waals surface area contributed by atoms with Crippen LogP contribution in [0.5, 0.6) is 5.75 Å². The second kappa shape index (κ2) is 4.87. The molecule has 1 aromatic heterocycles. The monoisotopic (exact) mass is 278 g/mol. The van der Waals surface area contributed by atoms with Crippen molar-refractivity contribution in [1.82, 2.24) is 9.55 Å². The third-order valence-corrected chi connectivity index (χ3v) is 3.76. The normalized spacial score (nSPS) is 18.2. The summed E-state index contributed by atoms with van der Waals surface area (Å²) in [5.74, 6) is 1.57. The summed E-state index contributed by atoms with van der Waals surface area (Å²) in [4.78, 5) is 4.43. The van der Waals surface area contributed by atoms with Crippen LogP contribution in [-0.4, -0.2) is 27.9 Å². The van der Waals surface area contributed by atoms with Gasteiger partial charge in [0.1, 0.15) is 11.6 Å². The van der Waals surface area contributed by atoms with Gasteiger partial charge in [-0.05, 0) is 25.0 Å². The third kappa shape index (κ3) is 2.22. The molecule has 1 aromatic carbocycles. The SMILES string of the molecule is COc1cccc(-c2nc(Cl)c3n2CC(O)CC3)c1. The number of aliphatic hydroxyl groups is 1. The van der Waals surface area contributed by atoms with Crippen LogP contribution in [0.2, 0.25) is 5.15 Å². The first-order chi connectivity index (χ1) is 9.19. The van der Waals surface area contributed by atoms with Crippen LogP contribution < -0.4 is 4.74 Å². The van der Waals surface area contributed by atoms with Crippen LogP contribution in [0, 0.1) is 0 Å². The molecule has 2 aromatic rings. The molecule has 0 radical (unpaired) electrons. The van der Waals surface area contributed by atoms with E-state index in [0.717, 1.165) is 35.7 Å². The maximum atomic E-state index is 9.82. The lowest BCUT2D eigenvalue weighted by atomic mass is 10.1. The van der Waals surface area contributed by atoms with Gasteiger partial charge in [0.05, 0.1) is 25.5 Å². The van der Waals surface area contributed by atoms with E-state index >= 15 is 0 Å². The highest BCUT2D eigenvalue weighted by atomic mass is 35.5. The molecule has 1 atom stereocenters. The van der Waals surface area contributed by atoms with Crippen molar-refractivity contribution in [3.8, 4) is 17.1 Å². The molecule has 100 valence electrons. The van der Waals surface area contributed by atoms with Gasteiger partial charge in [-0.15, -0.1) is 0 Å². The fourth-order valence-electron chi connectivity index (χ4n) is 2.48. The van der Waals surface area contributed by atoms with Gasteiger partial charge in [0.25, 0.3) is 0 Å². The van der Waals surface area contributed by atoms with Crippen LogP contribution in [0.3, 0.4) is 0 Å². The molecular formula is C14H15ClN2O2. The van der Waals surface area contributed by atoms with Gasteiger partial charge < -0.3 is 14.4 Å². The molecule has 0 bridgehead atoms. The van der Waals surface area contributed by atoms with Gasteiger partial charge in [-0.1, -0.05) is 23.7 Å². The van der Waals surface area contributed by atoms with E-state index in [0.29, 0.717) is 11.7 Å². The molecule has 4 nitrogen and oxygen atoms in total. The first-order valence-corrected chi connectivity index (χ1v) is 6.64. The average molecular weight is 279 g/mol. The van der Waals surface area contributed by atoms with Crippen LogP contribution in [0.1, 0.15) is 12.1 Å². The number of fused-ring (bicyclic) bond motifs is 1. The second-order valence-electron chi connectivity index (χ2n) is 4.71. The molecule has 19 heavy (non-hydrogen) atoms. The predicted molar refractivity (Wildman–Crippen MR) is 73.6 cm³/mol. The van der Waals surface area contributed by atoms with E-state index in [2.05, 4.69) is 4.98 Å². The number of nitrogens with zero attached hydrogens (tertiary/aromatic N) is 2. The molecule has 1 aliphatic heterocycles. The Balaban J connectivity index is 2.10. The number of methoxy groups -OCH3 is 1. The molecule has 1 N–H and O–H groups in total. The summed E-state index contributed by atoms with van der Waals surface area (Å²) in [6.45, 7) is 0.543. The average Bonchev–Trinajstić information content (AvgIpc) is 2.75. The zero-order valence-corrected chi connectivity index (χ0v) is 11.4. The molecule has 3 rings (SSSR count). The summed E-state index contributed by atoms with van der Waals surface area (Å²) in [5.41, 5.74) is 1.95. The van der Waals surface area contributed by atoms with E-state index in [4.69, 9.17) is 16.3 Å².